The second-order valence-corrected chi connectivity index (χ2v) is 8.15. The van der Waals surface area contributed by atoms with E-state index in [9.17, 15) is 13.2 Å². The van der Waals surface area contributed by atoms with Gasteiger partial charge in [-0.2, -0.15) is 8.42 Å². The van der Waals surface area contributed by atoms with Crippen molar-refractivity contribution in [3.05, 3.63) is 60.2 Å². The number of carbonyl (C=O) groups is 1. The van der Waals surface area contributed by atoms with E-state index in [-0.39, 0.29) is 30.1 Å². The number of benzene rings is 2. The third-order valence-electron chi connectivity index (χ3n) is 3.88. The van der Waals surface area contributed by atoms with Crippen molar-refractivity contribution in [3.8, 4) is 11.5 Å². The predicted octanol–water partition coefficient (Wildman–Crippen LogP) is 3.23. The Bertz CT molecular complexity index is 850. The van der Waals surface area contributed by atoms with Crippen LogP contribution in [0.4, 0.5) is 0 Å². The molecule has 1 amide bonds. The molecule has 0 N–H and O–H groups in total. The molecule has 0 spiro atoms. The van der Waals surface area contributed by atoms with Crippen LogP contribution in [0.15, 0.2) is 54.6 Å². The Labute approximate surface area is 160 Å². The molecule has 27 heavy (non-hydrogen) atoms. The fraction of sp³-hybridized carbons (Fsp3) is 0.350. The van der Waals surface area contributed by atoms with Crippen LogP contribution < -0.4 is 8.92 Å². The highest BCUT2D eigenvalue weighted by Gasteiger charge is 2.19. The number of hydrogen-bond acceptors (Lipinski definition) is 5. The van der Waals surface area contributed by atoms with Crippen molar-refractivity contribution in [2.75, 3.05) is 12.4 Å². The van der Waals surface area contributed by atoms with Crippen molar-refractivity contribution < 1.29 is 22.1 Å². The van der Waals surface area contributed by atoms with Crippen LogP contribution in [-0.4, -0.2) is 37.6 Å². The molecular weight excluding hydrogens is 366 g/mol. The van der Waals surface area contributed by atoms with Gasteiger partial charge >= 0.3 is 10.1 Å². The lowest BCUT2D eigenvalue weighted by Crippen LogP contribution is -2.39. The first-order valence-corrected chi connectivity index (χ1v) is 10.4. The average molecular weight is 391 g/mol. The molecule has 0 heterocycles. The molecule has 0 aromatic heterocycles. The van der Waals surface area contributed by atoms with Gasteiger partial charge in [-0.15, -0.1) is 0 Å². The number of nitrogens with zero attached hydrogens (tertiary/aromatic N) is 1. The summed E-state index contributed by atoms with van der Waals surface area (Å²) < 4.78 is 33.9. The van der Waals surface area contributed by atoms with E-state index in [0.717, 1.165) is 5.56 Å². The zero-order valence-electron chi connectivity index (χ0n) is 15.8. The van der Waals surface area contributed by atoms with Gasteiger partial charge in [-0.3, -0.25) is 4.79 Å². The van der Waals surface area contributed by atoms with Crippen LogP contribution in [0.1, 0.15) is 26.3 Å². The van der Waals surface area contributed by atoms with Crippen LogP contribution >= 0.6 is 0 Å². The van der Waals surface area contributed by atoms with Gasteiger partial charge < -0.3 is 13.8 Å². The van der Waals surface area contributed by atoms with Crippen LogP contribution in [0.25, 0.3) is 0 Å². The summed E-state index contributed by atoms with van der Waals surface area (Å²) in [6.45, 7) is 5.62. The first kappa shape index (κ1) is 20.8. The summed E-state index contributed by atoms with van der Waals surface area (Å²) in [4.78, 5) is 14.3. The summed E-state index contributed by atoms with van der Waals surface area (Å²) in [6.07, 6.45) is 0. The van der Waals surface area contributed by atoms with Crippen LogP contribution in [0.5, 0.6) is 11.5 Å². The number of rotatable bonds is 9. The molecule has 0 saturated carbocycles. The van der Waals surface area contributed by atoms with Crippen LogP contribution in [0, 0.1) is 0 Å². The fourth-order valence-electron chi connectivity index (χ4n) is 2.40. The van der Waals surface area contributed by atoms with Crippen molar-refractivity contribution in [1.29, 1.82) is 0 Å². The summed E-state index contributed by atoms with van der Waals surface area (Å²) in [5.41, 5.74) is 0.778. The molecule has 7 heteroatoms. The largest absolute Gasteiger partial charge is 0.484 e. The van der Waals surface area contributed by atoms with E-state index in [1.54, 1.807) is 35.2 Å². The van der Waals surface area contributed by atoms with Gasteiger partial charge in [-0.1, -0.05) is 30.3 Å². The Kier molecular flexibility index (Phi) is 7.24. The summed E-state index contributed by atoms with van der Waals surface area (Å²) in [7, 11) is -3.59. The summed E-state index contributed by atoms with van der Waals surface area (Å²) >= 11 is 0. The molecule has 0 atom stereocenters. The second-order valence-electron chi connectivity index (χ2n) is 6.29. The minimum Gasteiger partial charge on any atom is -0.484 e. The maximum atomic E-state index is 12.6. The lowest BCUT2D eigenvalue weighted by atomic mass is 10.2. The molecule has 0 aliphatic carbocycles. The topological polar surface area (TPSA) is 72.9 Å². The molecule has 6 nitrogen and oxygen atoms in total. The lowest BCUT2D eigenvalue weighted by Gasteiger charge is -2.27. The molecule has 0 unspecified atom stereocenters. The van der Waals surface area contributed by atoms with Gasteiger partial charge in [0.05, 0.1) is 5.75 Å². The Balaban J connectivity index is 2.06. The van der Waals surface area contributed by atoms with Crippen molar-refractivity contribution in [1.82, 2.24) is 4.90 Å². The monoisotopic (exact) mass is 391 g/mol. The summed E-state index contributed by atoms with van der Waals surface area (Å²) in [5.74, 6) is 0.618. The molecule has 0 bridgehead atoms. The Hall–Kier alpha value is -2.54. The molecule has 0 fully saturated rings. The number of ether oxygens (including phenoxy) is 1. The van der Waals surface area contributed by atoms with Crippen molar-refractivity contribution in [2.24, 2.45) is 0 Å². The van der Waals surface area contributed by atoms with Gasteiger partial charge in [-0.05, 0) is 50.6 Å². The highest BCUT2D eigenvalue weighted by molar-refractivity contribution is 7.87. The number of carbonyl (C=O) groups excluding carboxylic acids is 1. The Morgan fingerprint density at radius 3 is 2.33 bits per heavy atom. The average Bonchev–Trinajstić information content (AvgIpc) is 2.65. The van der Waals surface area contributed by atoms with Gasteiger partial charge in [-0.25, -0.2) is 0 Å². The normalized spacial score (nSPS) is 11.3. The van der Waals surface area contributed by atoms with Crippen LogP contribution in [0.3, 0.4) is 0 Å². The molecule has 0 radical (unpaired) electrons. The van der Waals surface area contributed by atoms with E-state index in [0.29, 0.717) is 12.3 Å². The molecule has 0 aliphatic heterocycles. The predicted molar refractivity (Wildman–Crippen MR) is 104 cm³/mol. The molecular formula is C20H25NO5S. The minimum atomic E-state index is -3.59. The van der Waals surface area contributed by atoms with Gasteiger partial charge in [0, 0.05) is 12.6 Å². The van der Waals surface area contributed by atoms with E-state index in [1.165, 1.54) is 6.92 Å². The lowest BCUT2D eigenvalue weighted by molar-refractivity contribution is -0.135. The Morgan fingerprint density at radius 2 is 1.70 bits per heavy atom. The number of para-hydroxylation sites is 1. The van der Waals surface area contributed by atoms with E-state index < -0.39 is 10.1 Å². The third-order valence-corrected chi connectivity index (χ3v) is 5.03. The van der Waals surface area contributed by atoms with Gasteiger partial charge in [0.25, 0.3) is 5.91 Å². The van der Waals surface area contributed by atoms with Gasteiger partial charge in [0.15, 0.2) is 6.61 Å². The van der Waals surface area contributed by atoms with Crippen LogP contribution in [-0.2, 0) is 21.5 Å². The van der Waals surface area contributed by atoms with E-state index in [1.807, 2.05) is 38.1 Å². The summed E-state index contributed by atoms with van der Waals surface area (Å²) in [5, 5.41) is 0. The second kappa shape index (κ2) is 9.41. The van der Waals surface area contributed by atoms with E-state index >= 15 is 0 Å². The standard InChI is InChI=1S/C20H25NO5S/c1-4-27(23,24)26-19-12-8-9-17(13-19)14-21(16(2)3)20(22)15-25-18-10-6-5-7-11-18/h5-13,16H,4,14-15H2,1-3H3. The smallest absolute Gasteiger partial charge is 0.308 e. The fourth-order valence-corrected chi connectivity index (χ4v) is 2.92. The Morgan fingerprint density at radius 1 is 1.04 bits per heavy atom. The highest BCUT2D eigenvalue weighted by Crippen LogP contribution is 2.18. The van der Waals surface area contributed by atoms with Crippen molar-refractivity contribution in [3.63, 3.8) is 0 Å². The van der Waals surface area contributed by atoms with Gasteiger partial charge in [0.1, 0.15) is 11.5 Å². The van der Waals surface area contributed by atoms with Crippen LogP contribution in [0.2, 0.25) is 0 Å². The molecule has 0 aliphatic rings. The zero-order valence-corrected chi connectivity index (χ0v) is 16.6. The maximum absolute atomic E-state index is 12.6. The maximum Gasteiger partial charge on any atom is 0.308 e. The summed E-state index contributed by atoms with van der Waals surface area (Å²) in [6, 6.07) is 15.9. The number of amides is 1. The first-order chi connectivity index (χ1) is 12.8. The van der Waals surface area contributed by atoms with Crippen molar-refractivity contribution >= 4 is 16.0 Å². The number of hydrogen-bond donors (Lipinski definition) is 0. The SMILES string of the molecule is CCS(=O)(=O)Oc1cccc(CN(C(=O)COc2ccccc2)C(C)C)c1. The first-order valence-electron chi connectivity index (χ1n) is 8.79. The van der Waals surface area contributed by atoms with Crippen molar-refractivity contribution in [2.45, 2.75) is 33.4 Å². The van der Waals surface area contributed by atoms with Gasteiger partial charge in [0.2, 0.25) is 0 Å². The van der Waals surface area contributed by atoms with E-state index in [4.69, 9.17) is 8.92 Å². The quantitative estimate of drug-likeness (QED) is 0.614. The molecule has 146 valence electrons. The molecule has 0 saturated heterocycles. The van der Waals surface area contributed by atoms with E-state index in [2.05, 4.69) is 0 Å². The third kappa shape index (κ3) is 6.60. The zero-order chi connectivity index (χ0) is 19.9. The molecule has 2 aromatic carbocycles. The molecule has 2 aromatic rings. The minimum absolute atomic E-state index is 0.0409. The molecule has 2 rings (SSSR count). The highest BCUT2D eigenvalue weighted by atomic mass is 32.2.